The molecule has 1 aliphatic heterocycles. The van der Waals surface area contributed by atoms with E-state index in [9.17, 15) is 0 Å². The minimum absolute atomic E-state index is 0.962. The SMILES string of the molecule is CCN1CCN(C2CCC2)CC1. The molecule has 2 nitrogen and oxygen atoms in total. The van der Waals surface area contributed by atoms with Crippen LogP contribution in [0.25, 0.3) is 0 Å². The first kappa shape index (κ1) is 8.52. The normalized spacial score (nSPS) is 28.8. The minimum Gasteiger partial charge on any atom is -0.301 e. The van der Waals surface area contributed by atoms with Gasteiger partial charge in [0, 0.05) is 32.2 Å². The lowest BCUT2D eigenvalue weighted by Gasteiger charge is -2.42. The average Bonchev–Trinajstić information content (AvgIpc) is 2.03. The number of rotatable bonds is 2. The van der Waals surface area contributed by atoms with Gasteiger partial charge in [0.05, 0.1) is 0 Å². The Morgan fingerprint density at radius 1 is 1.08 bits per heavy atom. The van der Waals surface area contributed by atoms with Crippen molar-refractivity contribution in [2.45, 2.75) is 32.2 Å². The number of likely N-dealkylation sites (N-methyl/N-ethyl adjacent to an activating group) is 1. The zero-order chi connectivity index (χ0) is 8.39. The standard InChI is InChI=1S/C10H20N2/c1-2-11-6-8-12(9-7-11)10-4-3-5-10/h10H,2-9H2,1H3. The molecule has 1 heterocycles. The van der Waals surface area contributed by atoms with Crippen molar-refractivity contribution in [2.24, 2.45) is 0 Å². The Balaban J connectivity index is 1.74. The molecular formula is C10H20N2. The van der Waals surface area contributed by atoms with Crippen LogP contribution in [0.1, 0.15) is 26.2 Å². The van der Waals surface area contributed by atoms with Crippen molar-refractivity contribution < 1.29 is 0 Å². The predicted molar refractivity (Wildman–Crippen MR) is 51.3 cm³/mol. The molecule has 70 valence electrons. The summed E-state index contributed by atoms with van der Waals surface area (Å²) in [6, 6.07) is 0.962. The summed E-state index contributed by atoms with van der Waals surface area (Å²) in [7, 11) is 0. The molecule has 2 heteroatoms. The van der Waals surface area contributed by atoms with Gasteiger partial charge in [-0.05, 0) is 19.4 Å². The summed E-state index contributed by atoms with van der Waals surface area (Å²) in [5.41, 5.74) is 0. The van der Waals surface area contributed by atoms with Crippen molar-refractivity contribution in [1.82, 2.24) is 9.80 Å². The molecule has 0 aromatic heterocycles. The second-order valence-corrected chi connectivity index (χ2v) is 4.05. The highest BCUT2D eigenvalue weighted by molar-refractivity contribution is 4.83. The van der Waals surface area contributed by atoms with E-state index < -0.39 is 0 Å². The van der Waals surface area contributed by atoms with E-state index in [1.165, 1.54) is 52.0 Å². The van der Waals surface area contributed by atoms with Gasteiger partial charge in [-0.1, -0.05) is 13.3 Å². The van der Waals surface area contributed by atoms with E-state index >= 15 is 0 Å². The molecule has 2 aliphatic rings. The van der Waals surface area contributed by atoms with E-state index in [0.717, 1.165) is 6.04 Å². The highest BCUT2D eigenvalue weighted by atomic mass is 15.3. The molecule has 0 amide bonds. The van der Waals surface area contributed by atoms with Crippen LogP contribution in [-0.4, -0.2) is 48.6 Å². The molecule has 0 aromatic rings. The third kappa shape index (κ3) is 1.64. The molecule has 1 saturated carbocycles. The molecular weight excluding hydrogens is 148 g/mol. The summed E-state index contributed by atoms with van der Waals surface area (Å²) >= 11 is 0. The smallest absolute Gasteiger partial charge is 0.0113 e. The van der Waals surface area contributed by atoms with Gasteiger partial charge in [-0.3, -0.25) is 4.90 Å². The van der Waals surface area contributed by atoms with Gasteiger partial charge in [0.15, 0.2) is 0 Å². The average molecular weight is 168 g/mol. The Labute approximate surface area is 75.5 Å². The van der Waals surface area contributed by atoms with Gasteiger partial charge >= 0.3 is 0 Å². The summed E-state index contributed by atoms with van der Waals surface area (Å²) < 4.78 is 0. The van der Waals surface area contributed by atoms with Gasteiger partial charge in [0.25, 0.3) is 0 Å². The lowest BCUT2D eigenvalue weighted by molar-refractivity contribution is 0.0640. The third-order valence-corrected chi connectivity index (χ3v) is 3.45. The molecule has 12 heavy (non-hydrogen) atoms. The molecule has 1 saturated heterocycles. The summed E-state index contributed by atoms with van der Waals surface area (Å²) in [5, 5.41) is 0. The van der Waals surface area contributed by atoms with E-state index in [2.05, 4.69) is 16.7 Å². The monoisotopic (exact) mass is 168 g/mol. The Bertz CT molecular complexity index is 135. The molecule has 0 atom stereocenters. The molecule has 1 aliphatic carbocycles. The van der Waals surface area contributed by atoms with Crippen LogP contribution in [0, 0.1) is 0 Å². The van der Waals surface area contributed by atoms with Gasteiger partial charge < -0.3 is 4.90 Å². The molecule has 0 unspecified atom stereocenters. The molecule has 0 bridgehead atoms. The Hall–Kier alpha value is -0.0800. The largest absolute Gasteiger partial charge is 0.301 e. The van der Waals surface area contributed by atoms with Gasteiger partial charge in [-0.2, -0.15) is 0 Å². The second kappa shape index (κ2) is 3.75. The first-order valence-corrected chi connectivity index (χ1v) is 5.36. The van der Waals surface area contributed by atoms with Gasteiger partial charge in [-0.25, -0.2) is 0 Å². The van der Waals surface area contributed by atoms with Crippen molar-refractivity contribution >= 4 is 0 Å². The summed E-state index contributed by atoms with van der Waals surface area (Å²) in [4.78, 5) is 5.24. The van der Waals surface area contributed by atoms with Crippen LogP contribution < -0.4 is 0 Å². The highest BCUT2D eigenvalue weighted by Gasteiger charge is 2.27. The number of nitrogens with zero attached hydrogens (tertiary/aromatic N) is 2. The van der Waals surface area contributed by atoms with Crippen molar-refractivity contribution in [2.75, 3.05) is 32.7 Å². The van der Waals surface area contributed by atoms with Gasteiger partial charge in [0.2, 0.25) is 0 Å². The van der Waals surface area contributed by atoms with Crippen LogP contribution in [0.5, 0.6) is 0 Å². The molecule has 0 radical (unpaired) electrons. The van der Waals surface area contributed by atoms with Crippen molar-refractivity contribution in [1.29, 1.82) is 0 Å². The maximum absolute atomic E-state index is 2.69. The van der Waals surface area contributed by atoms with Gasteiger partial charge in [0.1, 0.15) is 0 Å². The van der Waals surface area contributed by atoms with E-state index in [1.807, 2.05) is 0 Å². The van der Waals surface area contributed by atoms with Crippen LogP contribution in [0.4, 0.5) is 0 Å². The molecule has 2 rings (SSSR count). The van der Waals surface area contributed by atoms with Crippen LogP contribution >= 0.6 is 0 Å². The lowest BCUT2D eigenvalue weighted by Crippen LogP contribution is -2.51. The van der Waals surface area contributed by atoms with Crippen molar-refractivity contribution in [3.05, 3.63) is 0 Å². The number of hydrogen-bond acceptors (Lipinski definition) is 2. The fraction of sp³-hybridized carbons (Fsp3) is 1.00. The minimum atomic E-state index is 0.962. The zero-order valence-electron chi connectivity index (χ0n) is 8.13. The first-order chi connectivity index (χ1) is 5.90. The van der Waals surface area contributed by atoms with E-state index in [4.69, 9.17) is 0 Å². The third-order valence-electron chi connectivity index (χ3n) is 3.45. The summed E-state index contributed by atoms with van der Waals surface area (Å²) in [6.45, 7) is 8.73. The van der Waals surface area contributed by atoms with Crippen LogP contribution in [0.2, 0.25) is 0 Å². The Morgan fingerprint density at radius 2 is 1.75 bits per heavy atom. The Kier molecular flexibility index (Phi) is 2.66. The maximum atomic E-state index is 2.69. The van der Waals surface area contributed by atoms with Gasteiger partial charge in [-0.15, -0.1) is 0 Å². The fourth-order valence-corrected chi connectivity index (χ4v) is 2.20. The fourth-order valence-electron chi connectivity index (χ4n) is 2.20. The van der Waals surface area contributed by atoms with E-state index in [0.29, 0.717) is 0 Å². The molecule has 0 aromatic carbocycles. The first-order valence-electron chi connectivity index (χ1n) is 5.36. The van der Waals surface area contributed by atoms with Crippen molar-refractivity contribution in [3.8, 4) is 0 Å². The zero-order valence-corrected chi connectivity index (χ0v) is 8.13. The number of piperazine rings is 1. The highest BCUT2D eigenvalue weighted by Crippen LogP contribution is 2.25. The van der Waals surface area contributed by atoms with Crippen LogP contribution in [-0.2, 0) is 0 Å². The lowest BCUT2D eigenvalue weighted by atomic mass is 9.91. The van der Waals surface area contributed by atoms with E-state index in [-0.39, 0.29) is 0 Å². The quantitative estimate of drug-likeness (QED) is 0.611. The summed E-state index contributed by atoms with van der Waals surface area (Å²) in [6.07, 6.45) is 4.40. The van der Waals surface area contributed by atoms with E-state index in [1.54, 1.807) is 0 Å². The summed E-state index contributed by atoms with van der Waals surface area (Å²) in [5.74, 6) is 0. The number of hydrogen-bond donors (Lipinski definition) is 0. The van der Waals surface area contributed by atoms with Crippen LogP contribution in [0.3, 0.4) is 0 Å². The van der Waals surface area contributed by atoms with Crippen molar-refractivity contribution in [3.63, 3.8) is 0 Å². The predicted octanol–water partition coefficient (Wildman–Crippen LogP) is 1.18. The topological polar surface area (TPSA) is 6.48 Å². The maximum Gasteiger partial charge on any atom is 0.0113 e. The van der Waals surface area contributed by atoms with Crippen LogP contribution in [0.15, 0.2) is 0 Å². The second-order valence-electron chi connectivity index (χ2n) is 4.05. The molecule has 0 N–H and O–H groups in total. The Morgan fingerprint density at radius 3 is 2.17 bits per heavy atom. The molecule has 0 spiro atoms. The molecule has 2 fully saturated rings.